The van der Waals surface area contributed by atoms with Crippen molar-refractivity contribution >= 4 is 7.28 Å². The van der Waals surface area contributed by atoms with E-state index < -0.39 is 0 Å². The van der Waals surface area contributed by atoms with E-state index in [2.05, 4.69) is 86.4 Å². The Balaban J connectivity index is 2.90. The van der Waals surface area contributed by atoms with Crippen molar-refractivity contribution in [1.29, 1.82) is 0 Å². The molecule has 1 radical (unpaired) electrons. The van der Waals surface area contributed by atoms with Gasteiger partial charge in [0.05, 0.1) is 0 Å². The molecule has 1 nitrogen and oxygen atoms in total. The highest BCUT2D eigenvalue weighted by molar-refractivity contribution is 6.46. The molecule has 0 aromatic rings. The van der Waals surface area contributed by atoms with Crippen molar-refractivity contribution in [3.05, 3.63) is 35.6 Å². The molecule has 0 spiro atoms. The van der Waals surface area contributed by atoms with Crippen LogP contribution in [0, 0.1) is 10.8 Å². The Morgan fingerprint density at radius 1 is 1.19 bits per heavy atom. The van der Waals surface area contributed by atoms with Gasteiger partial charge in [-0.3, -0.25) is 0 Å². The fraction of sp³-hybridized carbons (Fsp3) is 0.684. The number of allylic oxidation sites excluding steroid dienone is 3. The van der Waals surface area contributed by atoms with Crippen molar-refractivity contribution in [2.75, 3.05) is 0 Å². The molecule has 0 aliphatic carbocycles. The van der Waals surface area contributed by atoms with Gasteiger partial charge in [-0.25, -0.2) is 0 Å². The Bertz CT molecular complexity index is 447. The minimum Gasteiger partial charge on any atom is -0.346 e. The van der Waals surface area contributed by atoms with Gasteiger partial charge in [0, 0.05) is 11.7 Å². The third-order valence-corrected chi connectivity index (χ3v) is 5.13. The smallest absolute Gasteiger partial charge is 0.154 e. The third-order valence-electron chi connectivity index (χ3n) is 5.13. The zero-order valence-electron chi connectivity index (χ0n) is 15.4. The molecule has 0 aromatic heterocycles. The minimum absolute atomic E-state index is 0.283. The van der Waals surface area contributed by atoms with Crippen molar-refractivity contribution in [1.82, 2.24) is 4.90 Å². The Hall–Kier alpha value is -0.915. The van der Waals surface area contributed by atoms with Crippen molar-refractivity contribution in [3.8, 4) is 0 Å². The van der Waals surface area contributed by atoms with Crippen LogP contribution in [0.4, 0.5) is 0 Å². The van der Waals surface area contributed by atoms with Crippen molar-refractivity contribution in [3.63, 3.8) is 0 Å². The van der Waals surface area contributed by atoms with Gasteiger partial charge in [0.25, 0.3) is 0 Å². The number of nitrogens with zero attached hydrogens (tertiary/aromatic N) is 1. The molecular weight excluding hydrogens is 253 g/mol. The maximum Gasteiger partial charge on any atom is 0.154 e. The number of hydrogen-bond donors (Lipinski definition) is 0. The molecule has 0 atom stereocenters. The molecule has 0 saturated carbocycles. The zero-order chi connectivity index (χ0) is 16.4. The molecule has 0 saturated heterocycles. The second-order valence-corrected chi connectivity index (χ2v) is 8.14. The van der Waals surface area contributed by atoms with E-state index in [1.165, 1.54) is 11.0 Å². The van der Waals surface area contributed by atoms with Crippen LogP contribution in [0.5, 0.6) is 0 Å². The van der Waals surface area contributed by atoms with Crippen LogP contribution >= 0.6 is 0 Å². The van der Waals surface area contributed by atoms with Crippen LogP contribution in [0.1, 0.15) is 61.8 Å². The maximum atomic E-state index is 4.25. The maximum absolute atomic E-state index is 4.25. The van der Waals surface area contributed by atoms with Crippen LogP contribution in [0.2, 0.25) is 6.32 Å². The molecule has 0 fully saturated rings. The van der Waals surface area contributed by atoms with Crippen molar-refractivity contribution in [2.24, 2.45) is 10.8 Å². The van der Waals surface area contributed by atoms with E-state index in [-0.39, 0.29) is 5.41 Å². The van der Waals surface area contributed by atoms with Crippen LogP contribution in [-0.4, -0.2) is 18.2 Å². The molecule has 0 amide bonds. The second-order valence-electron chi connectivity index (χ2n) is 8.14. The molecule has 0 unspecified atom stereocenters. The van der Waals surface area contributed by atoms with Gasteiger partial charge in [-0.15, -0.1) is 0 Å². The third kappa shape index (κ3) is 4.28. The summed E-state index contributed by atoms with van der Waals surface area (Å²) in [7, 11) is 2.39. The fourth-order valence-electron chi connectivity index (χ4n) is 2.28. The summed E-state index contributed by atoms with van der Waals surface area (Å²) < 4.78 is 0. The highest BCUT2D eigenvalue weighted by Crippen LogP contribution is 2.41. The summed E-state index contributed by atoms with van der Waals surface area (Å²) >= 11 is 0. The number of rotatable bonds is 5. The molecule has 0 aromatic carbocycles. The molecule has 21 heavy (non-hydrogen) atoms. The highest BCUT2D eigenvalue weighted by atomic mass is 15.1. The van der Waals surface area contributed by atoms with Gasteiger partial charge in [0.1, 0.15) is 0 Å². The van der Waals surface area contributed by atoms with E-state index in [0.717, 1.165) is 18.4 Å². The molecule has 0 bridgehead atoms. The van der Waals surface area contributed by atoms with Crippen LogP contribution in [0.3, 0.4) is 0 Å². The lowest BCUT2D eigenvalue weighted by Crippen LogP contribution is -2.32. The van der Waals surface area contributed by atoms with Gasteiger partial charge in [-0.05, 0) is 42.9 Å². The summed E-state index contributed by atoms with van der Waals surface area (Å²) in [5.74, 6) is 0. The molecule has 1 heterocycles. The molecule has 1 aliphatic heterocycles. The summed E-state index contributed by atoms with van der Waals surface area (Å²) in [6, 6.07) is 0.451. The fourth-order valence-corrected chi connectivity index (χ4v) is 2.28. The van der Waals surface area contributed by atoms with Crippen LogP contribution < -0.4 is 0 Å². The average molecular weight is 286 g/mol. The van der Waals surface area contributed by atoms with Crippen LogP contribution in [-0.2, 0) is 0 Å². The van der Waals surface area contributed by atoms with E-state index in [4.69, 9.17) is 0 Å². The monoisotopic (exact) mass is 286 g/mol. The van der Waals surface area contributed by atoms with E-state index in [9.17, 15) is 0 Å². The standard InChI is InChI=1S/C19H33BN/c1-10-16-11-17(12-21(14(2)3)15(16)4)20-13-19(8,9)18(5,6)7/h11-12,14H,4,10,13H2,1-3,5-9H3. The van der Waals surface area contributed by atoms with Gasteiger partial charge < -0.3 is 4.90 Å². The summed E-state index contributed by atoms with van der Waals surface area (Å²) in [5, 5.41) is 0. The van der Waals surface area contributed by atoms with Crippen LogP contribution in [0.25, 0.3) is 0 Å². The lowest BCUT2D eigenvalue weighted by atomic mass is 9.53. The molecule has 0 N–H and O–H groups in total. The molecule has 117 valence electrons. The summed E-state index contributed by atoms with van der Waals surface area (Å²) in [4.78, 5) is 2.30. The largest absolute Gasteiger partial charge is 0.346 e. The predicted octanol–water partition coefficient (Wildman–Crippen LogP) is 5.60. The van der Waals surface area contributed by atoms with Gasteiger partial charge in [0.2, 0.25) is 0 Å². The highest BCUT2D eigenvalue weighted by Gasteiger charge is 2.32. The van der Waals surface area contributed by atoms with Crippen molar-refractivity contribution < 1.29 is 0 Å². The summed E-state index contributed by atoms with van der Waals surface area (Å²) in [6.07, 6.45) is 6.69. The first-order chi connectivity index (χ1) is 9.49. The lowest BCUT2D eigenvalue weighted by Gasteiger charge is -2.40. The predicted molar refractivity (Wildman–Crippen MR) is 96.4 cm³/mol. The quantitative estimate of drug-likeness (QED) is 0.595. The van der Waals surface area contributed by atoms with E-state index >= 15 is 0 Å². The Kier molecular flexibility index (Phi) is 5.58. The minimum atomic E-state index is 0.283. The molecule has 2 heteroatoms. The van der Waals surface area contributed by atoms with E-state index in [1.807, 2.05) is 0 Å². The summed E-state index contributed by atoms with van der Waals surface area (Å²) in [5.41, 5.74) is 4.42. The molecule has 1 aliphatic rings. The van der Waals surface area contributed by atoms with E-state index in [0.29, 0.717) is 11.5 Å². The van der Waals surface area contributed by atoms with Gasteiger partial charge >= 0.3 is 0 Å². The first kappa shape index (κ1) is 18.1. The Labute approximate surface area is 133 Å². The second kappa shape index (κ2) is 6.46. The Morgan fingerprint density at radius 2 is 1.76 bits per heavy atom. The van der Waals surface area contributed by atoms with Crippen molar-refractivity contribution in [2.45, 2.75) is 74.2 Å². The topological polar surface area (TPSA) is 3.24 Å². The van der Waals surface area contributed by atoms with Gasteiger partial charge in [-0.2, -0.15) is 0 Å². The lowest BCUT2D eigenvalue weighted by molar-refractivity contribution is 0.156. The van der Waals surface area contributed by atoms with Gasteiger partial charge in [0.15, 0.2) is 7.28 Å². The number of hydrogen-bond acceptors (Lipinski definition) is 1. The van der Waals surface area contributed by atoms with Crippen LogP contribution in [0.15, 0.2) is 35.6 Å². The van der Waals surface area contributed by atoms with E-state index in [1.54, 1.807) is 0 Å². The SMILES string of the molecule is C=C1C(CC)=CC([B]CC(C)(C)C(C)(C)C)=CN1C(C)C. The normalized spacial score (nSPS) is 17.0. The molecular formula is C19H33BN. The zero-order valence-corrected chi connectivity index (χ0v) is 15.4. The Morgan fingerprint density at radius 3 is 2.19 bits per heavy atom. The molecule has 1 rings (SSSR count). The first-order valence-electron chi connectivity index (χ1n) is 8.23. The average Bonchev–Trinajstić information content (AvgIpc) is 2.35. The van der Waals surface area contributed by atoms with Gasteiger partial charge in [-0.1, -0.05) is 66.0 Å². The first-order valence-corrected chi connectivity index (χ1v) is 8.23. The summed E-state index contributed by atoms with van der Waals surface area (Å²) in [6.45, 7) is 22.6.